The highest BCUT2D eigenvalue weighted by molar-refractivity contribution is 7.54. The number of imidazole rings is 2. The van der Waals surface area contributed by atoms with E-state index in [1.807, 2.05) is 76.0 Å². The number of aromatic nitrogens is 4. The second-order valence-electron chi connectivity index (χ2n) is 22.3. The summed E-state index contributed by atoms with van der Waals surface area (Å²) >= 11 is 0. The van der Waals surface area contributed by atoms with Crippen molar-refractivity contribution in [1.82, 2.24) is 19.1 Å². The van der Waals surface area contributed by atoms with Crippen LogP contribution in [0.15, 0.2) is 152 Å². The molecule has 1 aliphatic heterocycles. The van der Waals surface area contributed by atoms with Crippen molar-refractivity contribution in [2.24, 2.45) is 11.8 Å². The fourth-order valence-corrected chi connectivity index (χ4v) is 13.6. The minimum Gasteiger partial charge on any atom is -0.414 e. The predicted octanol–water partition coefficient (Wildman–Crippen LogP) is 15.3. The van der Waals surface area contributed by atoms with Crippen molar-refractivity contribution in [1.29, 1.82) is 0 Å². The quantitative estimate of drug-likeness (QED) is 0.0428. The van der Waals surface area contributed by atoms with Gasteiger partial charge in [0, 0.05) is 61.5 Å². The number of carbonyl (C=O) groups excluding carboxylic acids is 3. The van der Waals surface area contributed by atoms with Crippen molar-refractivity contribution in [2.75, 3.05) is 20.4 Å². The van der Waals surface area contributed by atoms with Crippen LogP contribution in [0.1, 0.15) is 132 Å². The first-order valence-corrected chi connectivity index (χ1v) is 31.8. The molecule has 7 aromatic rings. The van der Waals surface area contributed by atoms with E-state index in [0.29, 0.717) is 35.9 Å². The van der Waals surface area contributed by atoms with Crippen molar-refractivity contribution in [3.8, 4) is 22.5 Å². The van der Waals surface area contributed by atoms with Gasteiger partial charge in [-0.1, -0.05) is 151 Å². The lowest BCUT2D eigenvalue weighted by atomic mass is 9.77. The minimum absolute atomic E-state index is 0. The van der Waals surface area contributed by atoms with Gasteiger partial charge in [0.2, 0.25) is 0 Å². The standard InChI is InChI=1S/C29H21FN2O.C18H19FN2O2.C16H33O5PSi.2CH4/c30-27-18-10-17-25(26(27)20-33)28-19-32(21-31-28)29(22-11-4-1-5-12-22,23-13-6-2-7-14-23)24-15-8-3-9-16-24;19-14-3-1-2-13-16-9-20-10-21(16)15(18(13)14)8-17(23)11-4-6-12(22)7-5-11;1-16(2,3)23(6,7)21-14-10-8-13(9-11-14)15(17)12-22(18,19-4)20-5;;/h1-21H;1-3,9-12,15,22H,4-8H2;13-14H,8-12H2,1-7H3;2*1H4. The van der Waals surface area contributed by atoms with Crippen molar-refractivity contribution in [3.05, 3.63) is 192 Å². The zero-order chi connectivity index (χ0) is 56.5. The molecule has 0 bridgehead atoms. The van der Waals surface area contributed by atoms with E-state index in [0.717, 1.165) is 66.5 Å². The second kappa shape index (κ2) is 27.6. The number of halogens is 2. The first kappa shape index (κ1) is 63.9. The van der Waals surface area contributed by atoms with Crippen LogP contribution in [-0.2, 0) is 33.2 Å². The van der Waals surface area contributed by atoms with Gasteiger partial charge in [-0.2, -0.15) is 0 Å². The summed E-state index contributed by atoms with van der Waals surface area (Å²) < 4.78 is 60.9. The van der Waals surface area contributed by atoms with Gasteiger partial charge in [0.1, 0.15) is 34.9 Å². The maximum atomic E-state index is 14.3. The molecule has 2 aromatic heterocycles. The molecule has 1 atom stereocenters. The predicted molar refractivity (Wildman–Crippen MR) is 320 cm³/mol. The van der Waals surface area contributed by atoms with Crippen LogP contribution < -0.4 is 0 Å². The van der Waals surface area contributed by atoms with Gasteiger partial charge in [0.25, 0.3) is 0 Å². The fourth-order valence-electron chi connectivity index (χ4n) is 11.1. The lowest BCUT2D eigenvalue weighted by Gasteiger charge is -2.41. The number of aliphatic hydroxyl groups is 1. The molecular weight excluding hydrogens is 1060 g/mol. The van der Waals surface area contributed by atoms with Gasteiger partial charge < -0.3 is 27.7 Å². The molecule has 0 radical (unpaired) electrons. The molecule has 1 unspecified atom stereocenters. The number of benzene rings is 5. The zero-order valence-corrected chi connectivity index (χ0v) is 48.2. The monoisotopic (exact) mass is 1140 g/mol. The summed E-state index contributed by atoms with van der Waals surface area (Å²) in [4.78, 5) is 45.4. The Morgan fingerprint density at radius 3 is 1.73 bits per heavy atom. The molecule has 5 aromatic carbocycles. The number of hydrogen-bond donors (Lipinski definition) is 1. The Hall–Kier alpha value is -6.32. The van der Waals surface area contributed by atoms with Gasteiger partial charge >= 0.3 is 7.60 Å². The molecule has 0 amide bonds. The van der Waals surface area contributed by atoms with Crippen LogP contribution >= 0.6 is 7.60 Å². The van der Waals surface area contributed by atoms with Crippen LogP contribution in [0.3, 0.4) is 0 Å². The van der Waals surface area contributed by atoms with E-state index in [1.54, 1.807) is 37.1 Å². The van der Waals surface area contributed by atoms with E-state index in [2.05, 4.69) is 80.2 Å². The Bertz CT molecular complexity index is 3120. The average Bonchev–Trinajstić information content (AvgIpc) is 3.20. The number of aldehydes is 1. The number of hydrogen-bond acceptors (Lipinski definition) is 10. The van der Waals surface area contributed by atoms with Crippen LogP contribution in [0.5, 0.6) is 0 Å². The molecule has 432 valence electrons. The number of fused-ring (bicyclic) bond motifs is 3. The molecule has 10 rings (SSSR count). The molecule has 81 heavy (non-hydrogen) atoms. The number of nitrogens with zero attached hydrogens (tertiary/aromatic N) is 4. The molecule has 3 heterocycles. The Morgan fingerprint density at radius 2 is 1.21 bits per heavy atom. The topological polar surface area (TPSA) is 152 Å². The van der Waals surface area contributed by atoms with Crippen LogP contribution in [0, 0.1) is 23.5 Å². The van der Waals surface area contributed by atoms with Crippen molar-refractivity contribution in [3.63, 3.8) is 0 Å². The van der Waals surface area contributed by atoms with Gasteiger partial charge in [-0.25, -0.2) is 18.7 Å². The summed E-state index contributed by atoms with van der Waals surface area (Å²) in [5.41, 5.74) is 5.76. The molecule has 0 spiro atoms. The maximum absolute atomic E-state index is 14.3. The first-order valence-electron chi connectivity index (χ1n) is 27.2. The molecule has 3 aliphatic rings. The number of Topliss-reactive ketones (excluding diaryl/α,β-unsaturated/α-hetero) is 2. The summed E-state index contributed by atoms with van der Waals surface area (Å²) in [6.45, 7) is 11.2. The summed E-state index contributed by atoms with van der Waals surface area (Å²) in [6.07, 6.45) is 13.9. The van der Waals surface area contributed by atoms with Gasteiger partial charge in [-0.15, -0.1) is 0 Å². The summed E-state index contributed by atoms with van der Waals surface area (Å²) in [6, 6.07) is 40.0. The van der Waals surface area contributed by atoms with Gasteiger partial charge in [0.15, 0.2) is 14.6 Å². The molecule has 0 saturated heterocycles. The second-order valence-corrected chi connectivity index (χ2v) is 29.3. The van der Waals surface area contributed by atoms with E-state index in [1.165, 1.54) is 26.4 Å². The zero-order valence-electron chi connectivity index (χ0n) is 46.3. The van der Waals surface area contributed by atoms with E-state index in [9.17, 15) is 32.8 Å². The van der Waals surface area contributed by atoms with Crippen LogP contribution in [0.25, 0.3) is 22.5 Å². The highest BCUT2D eigenvalue weighted by atomic mass is 31.2. The van der Waals surface area contributed by atoms with E-state index < -0.39 is 27.3 Å². The third-order valence-corrected chi connectivity index (χ3v) is 22.9. The molecule has 2 fully saturated rings. The molecule has 12 nitrogen and oxygen atoms in total. The summed E-state index contributed by atoms with van der Waals surface area (Å²) in [7, 11) is -2.37. The minimum atomic E-state index is -3.25. The molecule has 2 saturated carbocycles. The normalized spacial score (nSPS) is 18.7. The van der Waals surface area contributed by atoms with E-state index >= 15 is 0 Å². The smallest absolute Gasteiger partial charge is 0.337 e. The lowest BCUT2D eigenvalue weighted by molar-refractivity contribution is -0.125. The fraction of sp³-hybridized carbons (Fsp3) is 0.400. The van der Waals surface area contributed by atoms with Gasteiger partial charge in [0.05, 0.1) is 47.9 Å². The van der Waals surface area contributed by atoms with Crippen molar-refractivity contribution in [2.45, 2.75) is 135 Å². The third kappa shape index (κ3) is 14.1. The number of carbonyl (C=O) groups is 3. The van der Waals surface area contributed by atoms with Crippen LogP contribution in [0.2, 0.25) is 18.1 Å². The maximum Gasteiger partial charge on any atom is 0.337 e. The van der Waals surface area contributed by atoms with Gasteiger partial charge in [-0.3, -0.25) is 18.9 Å². The Balaban J connectivity index is 0.000000198. The number of aliphatic hydroxyl groups excluding tert-OH is 1. The highest BCUT2D eigenvalue weighted by Gasteiger charge is 2.42. The number of ketones is 2. The molecule has 2 aliphatic carbocycles. The molecule has 16 heteroatoms. The lowest BCUT2D eigenvalue weighted by Crippen LogP contribution is -2.45. The molecule has 1 N–H and O–H groups in total. The molecular formula is C65H81F2N4O8PSi. The average molecular weight is 1140 g/mol. The largest absolute Gasteiger partial charge is 0.414 e. The summed E-state index contributed by atoms with van der Waals surface area (Å²) in [5, 5.41) is 9.79. The van der Waals surface area contributed by atoms with Crippen LogP contribution in [0.4, 0.5) is 8.78 Å². The van der Waals surface area contributed by atoms with Crippen LogP contribution in [-0.4, -0.2) is 83.0 Å². The van der Waals surface area contributed by atoms with E-state index in [-0.39, 0.29) is 85.5 Å². The Labute approximate surface area is 479 Å². The Kier molecular flexibility index (Phi) is 21.8. The Morgan fingerprint density at radius 1 is 0.704 bits per heavy atom. The third-order valence-electron chi connectivity index (χ3n) is 16.5. The SMILES string of the molecule is C.C.COP(=O)(CC(=O)C1CCC(O[Si](C)(C)C(C)(C)C)CC1)OC.O=C(CC1c2c(F)cccc2-c2cncn21)C1CCC(O)CC1.O=Cc1c(F)cccc1-c1cn(C(c2ccccc2)(c2ccccc2)c2ccccc2)cn1. The van der Waals surface area contributed by atoms with Crippen molar-refractivity contribution >= 4 is 33.8 Å². The first-order chi connectivity index (χ1) is 37.8. The number of rotatable bonds is 16. The van der Waals surface area contributed by atoms with Crippen molar-refractivity contribution < 1.29 is 46.3 Å². The summed E-state index contributed by atoms with van der Waals surface area (Å²) in [5.74, 6) is -0.727. The van der Waals surface area contributed by atoms with E-state index in [4.69, 9.17) is 13.5 Å². The highest BCUT2D eigenvalue weighted by Crippen LogP contribution is 2.48. The van der Waals surface area contributed by atoms with Gasteiger partial charge in [-0.05, 0) is 98.3 Å².